The van der Waals surface area contributed by atoms with Crippen molar-refractivity contribution in [2.45, 2.75) is 84.1 Å². The highest BCUT2D eigenvalue weighted by molar-refractivity contribution is 6.70. The summed E-state index contributed by atoms with van der Waals surface area (Å²) in [6.07, 6.45) is 1.71. The Bertz CT molecular complexity index is 346. The molecule has 8 heteroatoms. The third-order valence-corrected chi connectivity index (χ3v) is 13.3. The Labute approximate surface area is 163 Å². The summed E-state index contributed by atoms with van der Waals surface area (Å²) in [6.45, 7) is 19.4. The molecule has 0 rings (SSSR count). The molecule has 0 fully saturated rings. The van der Waals surface area contributed by atoms with E-state index in [2.05, 4.69) is 26.9 Å². The molecule has 0 bridgehead atoms. The molecule has 4 N–H and O–H groups in total. The first-order chi connectivity index (χ1) is 12.2. The van der Waals surface area contributed by atoms with Gasteiger partial charge in [-0.3, -0.25) is 0 Å². The molecule has 0 aliphatic heterocycles. The molecule has 0 radical (unpaired) electrons. The fourth-order valence-corrected chi connectivity index (χ4v) is 12.1. The average molecular weight is 409 g/mol. The molecule has 0 saturated heterocycles. The van der Waals surface area contributed by atoms with E-state index in [1.807, 2.05) is 27.7 Å². The first-order valence-corrected chi connectivity index (χ1v) is 15.0. The molecule has 0 spiro atoms. The Balaban J connectivity index is 6.18. The summed E-state index contributed by atoms with van der Waals surface area (Å²) in [6, 6.07) is 0. The fraction of sp³-hybridized carbons (Fsp3) is 1.00. The van der Waals surface area contributed by atoms with E-state index in [1.54, 1.807) is 0 Å². The van der Waals surface area contributed by atoms with E-state index >= 15 is 0 Å². The summed E-state index contributed by atoms with van der Waals surface area (Å²) >= 11 is 0. The zero-order chi connectivity index (χ0) is 20.4. The van der Waals surface area contributed by atoms with Crippen molar-refractivity contribution >= 4 is 17.1 Å². The number of nitrogens with two attached hydrogens (primary N) is 2. The van der Waals surface area contributed by atoms with Crippen molar-refractivity contribution in [1.29, 1.82) is 0 Å². The van der Waals surface area contributed by atoms with Crippen molar-refractivity contribution in [2.24, 2.45) is 11.5 Å². The quantitative estimate of drug-likeness (QED) is 0.403. The average Bonchev–Trinajstić information content (AvgIpc) is 2.56. The van der Waals surface area contributed by atoms with Gasteiger partial charge in [0, 0.05) is 49.6 Å². The Morgan fingerprint density at radius 1 is 0.692 bits per heavy atom. The second-order valence-electron chi connectivity index (χ2n) is 7.00. The van der Waals surface area contributed by atoms with Crippen LogP contribution in [-0.2, 0) is 17.7 Å². The van der Waals surface area contributed by atoms with Crippen molar-refractivity contribution in [3.8, 4) is 0 Å². The molecule has 26 heavy (non-hydrogen) atoms. The smallest absolute Gasteiger partial charge is 0.340 e. The minimum absolute atomic E-state index is 0.0533. The SMILES string of the molecule is CCO[Si](C)(OCC)C(CC)C(N)(CN)C(CC)[Si](C)(OCC)OCC. The van der Waals surface area contributed by atoms with Crippen molar-refractivity contribution in [3.05, 3.63) is 0 Å². The van der Waals surface area contributed by atoms with Gasteiger partial charge in [-0.05, 0) is 53.6 Å². The van der Waals surface area contributed by atoms with Crippen LogP contribution in [0, 0.1) is 0 Å². The van der Waals surface area contributed by atoms with E-state index in [0.29, 0.717) is 33.0 Å². The zero-order valence-electron chi connectivity index (χ0n) is 18.4. The molecule has 0 aromatic rings. The van der Waals surface area contributed by atoms with E-state index in [-0.39, 0.29) is 11.1 Å². The Hall–Kier alpha value is 0.194. The maximum Gasteiger partial charge on any atom is 0.340 e. The second-order valence-corrected chi connectivity index (χ2v) is 13.6. The molecule has 0 heterocycles. The Kier molecular flexibility index (Phi) is 12.0. The van der Waals surface area contributed by atoms with E-state index in [0.717, 1.165) is 12.8 Å². The van der Waals surface area contributed by atoms with Crippen LogP contribution in [0.5, 0.6) is 0 Å². The van der Waals surface area contributed by atoms with Crippen LogP contribution in [0.4, 0.5) is 0 Å². The predicted molar refractivity (Wildman–Crippen MR) is 114 cm³/mol. The summed E-state index contributed by atoms with van der Waals surface area (Å²) in [5.74, 6) is 0. The lowest BCUT2D eigenvalue weighted by atomic mass is 9.88. The van der Waals surface area contributed by atoms with Crippen molar-refractivity contribution in [2.75, 3.05) is 33.0 Å². The summed E-state index contributed by atoms with van der Waals surface area (Å²) in [5, 5.41) is 0. The van der Waals surface area contributed by atoms with E-state index < -0.39 is 22.7 Å². The van der Waals surface area contributed by atoms with Gasteiger partial charge in [0.2, 0.25) is 0 Å². The molecule has 2 atom stereocenters. The zero-order valence-corrected chi connectivity index (χ0v) is 20.4. The third-order valence-electron chi connectivity index (χ3n) is 5.46. The normalized spacial score (nSPS) is 17.8. The Morgan fingerprint density at radius 2 is 0.962 bits per heavy atom. The molecule has 0 aromatic carbocycles. The van der Waals surface area contributed by atoms with E-state index in [1.165, 1.54) is 0 Å². The summed E-state index contributed by atoms with van der Waals surface area (Å²) in [4.78, 5) is 0. The van der Waals surface area contributed by atoms with Crippen LogP contribution in [0.3, 0.4) is 0 Å². The standard InChI is InChI=1S/C18H44N2O4Si2/c1-9-16(25(7,21-11-3)22-12-4)18(20,15-19)17(10-2)26(8,23-13-5)24-14-6/h16-17H,9-15,19-20H2,1-8H3. The van der Waals surface area contributed by atoms with Crippen LogP contribution < -0.4 is 11.5 Å². The molecule has 0 amide bonds. The van der Waals surface area contributed by atoms with Gasteiger partial charge in [-0.2, -0.15) is 0 Å². The largest absolute Gasteiger partial charge is 0.394 e. The van der Waals surface area contributed by atoms with Crippen LogP contribution in [0.2, 0.25) is 24.2 Å². The molecule has 0 saturated carbocycles. The summed E-state index contributed by atoms with van der Waals surface area (Å²) in [7, 11) is -5.07. The van der Waals surface area contributed by atoms with Gasteiger partial charge in [-0.15, -0.1) is 0 Å². The lowest BCUT2D eigenvalue weighted by Crippen LogP contribution is -2.68. The number of hydrogen-bond acceptors (Lipinski definition) is 6. The summed E-state index contributed by atoms with van der Waals surface area (Å²) < 4.78 is 24.9. The topological polar surface area (TPSA) is 89.0 Å². The molecular formula is C18H44N2O4Si2. The first-order valence-electron chi connectivity index (χ1n) is 10.2. The van der Waals surface area contributed by atoms with Gasteiger partial charge in [0.05, 0.1) is 0 Å². The van der Waals surface area contributed by atoms with E-state index in [9.17, 15) is 0 Å². The molecule has 0 aromatic heterocycles. The van der Waals surface area contributed by atoms with Crippen molar-refractivity contribution in [1.82, 2.24) is 0 Å². The Morgan fingerprint density at radius 3 is 1.12 bits per heavy atom. The molecule has 158 valence electrons. The highest BCUT2D eigenvalue weighted by Crippen LogP contribution is 2.47. The molecule has 2 unspecified atom stereocenters. The van der Waals surface area contributed by atoms with Crippen LogP contribution in [0.1, 0.15) is 54.4 Å². The van der Waals surface area contributed by atoms with Gasteiger partial charge in [0.15, 0.2) is 0 Å². The lowest BCUT2D eigenvalue weighted by Gasteiger charge is -2.51. The van der Waals surface area contributed by atoms with Crippen molar-refractivity contribution < 1.29 is 17.7 Å². The van der Waals surface area contributed by atoms with Crippen LogP contribution in [0.15, 0.2) is 0 Å². The molecule has 0 aliphatic rings. The number of hydrogen-bond donors (Lipinski definition) is 2. The maximum absolute atomic E-state index is 7.12. The summed E-state index contributed by atoms with van der Waals surface area (Å²) in [5.41, 5.74) is 12.9. The van der Waals surface area contributed by atoms with E-state index in [4.69, 9.17) is 29.2 Å². The van der Waals surface area contributed by atoms with Gasteiger partial charge in [0.1, 0.15) is 0 Å². The minimum atomic E-state index is -2.53. The first kappa shape index (κ1) is 26.2. The molecular weight excluding hydrogens is 364 g/mol. The lowest BCUT2D eigenvalue weighted by molar-refractivity contribution is 0.137. The van der Waals surface area contributed by atoms with Gasteiger partial charge in [-0.1, -0.05) is 13.8 Å². The maximum atomic E-state index is 7.12. The monoisotopic (exact) mass is 408 g/mol. The van der Waals surface area contributed by atoms with Gasteiger partial charge >= 0.3 is 17.1 Å². The van der Waals surface area contributed by atoms with Gasteiger partial charge < -0.3 is 29.2 Å². The third kappa shape index (κ3) is 5.84. The minimum Gasteiger partial charge on any atom is -0.394 e. The second kappa shape index (κ2) is 11.9. The predicted octanol–water partition coefficient (Wildman–Crippen LogP) is 3.49. The van der Waals surface area contributed by atoms with Crippen LogP contribution in [0.25, 0.3) is 0 Å². The van der Waals surface area contributed by atoms with Gasteiger partial charge in [-0.25, -0.2) is 0 Å². The highest BCUT2D eigenvalue weighted by Gasteiger charge is 2.58. The van der Waals surface area contributed by atoms with Crippen molar-refractivity contribution in [3.63, 3.8) is 0 Å². The highest BCUT2D eigenvalue weighted by atomic mass is 28.4. The van der Waals surface area contributed by atoms with Crippen LogP contribution in [-0.4, -0.2) is 55.6 Å². The fourth-order valence-electron chi connectivity index (χ4n) is 4.64. The number of rotatable bonds is 15. The van der Waals surface area contributed by atoms with Crippen LogP contribution >= 0.6 is 0 Å². The molecule has 0 aliphatic carbocycles. The van der Waals surface area contributed by atoms with Gasteiger partial charge in [0.25, 0.3) is 0 Å². The molecule has 6 nitrogen and oxygen atoms in total.